The highest BCUT2D eigenvalue weighted by atomic mass is 16.5. The maximum Gasteiger partial charge on any atom is 0.119 e. The SMILES string of the molecule is CCOc1ccc2c(c1)-c1cccc3cccc-2c13. The summed E-state index contributed by atoms with van der Waals surface area (Å²) in [6.45, 7) is 2.72. The molecule has 1 heteroatoms. The molecular weight excluding hydrogens is 232 g/mol. The zero-order chi connectivity index (χ0) is 12.8. The van der Waals surface area contributed by atoms with E-state index in [-0.39, 0.29) is 0 Å². The summed E-state index contributed by atoms with van der Waals surface area (Å²) >= 11 is 0. The van der Waals surface area contributed by atoms with Gasteiger partial charge in [0.15, 0.2) is 0 Å². The van der Waals surface area contributed by atoms with Crippen molar-refractivity contribution in [2.24, 2.45) is 0 Å². The molecule has 0 atom stereocenters. The van der Waals surface area contributed by atoms with Gasteiger partial charge in [0.2, 0.25) is 0 Å². The van der Waals surface area contributed by atoms with Crippen molar-refractivity contribution in [2.75, 3.05) is 6.61 Å². The van der Waals surface area contributed by atoms with Crippen molar-refractivity contribution in [1.29, 1.82) is 0 Å². The van der Waals surface area contributed by atoms with Gasteiger partial charge < -0.3 is 4.74 Å². The van der Waals surface area contributed by atoms with E-state index in [1.807, 2.05) is 6.92 Å². The third kappa shape index (κ3) is 1.42. The van der Waals surface area contributed by atoms with Crippen LogP contribution in [0.1, 0.15) is 6.92 Å². The Morgan fingerprint density at radius 1 is 0.789 bits per heavy atom. The number of hydrogen-bond donors (Lipinski definition) is 0. The third-order valence-electron chi connectivity index (χ3n) is 3.79. The minimum absolute atomic E-state index is 0.704. The van der Waals surface area contributed by atoms with Gasteiger partial charge in [-0.25, -0.2) is 0 Å². The van der Waals surface area contributed by atoms with E-state index in [1.54, 1.807) is 0 Å². The molecule has 3 aromatic carbocycles. The normalized spacial score (nSPS) is 11.6. The molecule has 0 fully saturated rings. The van der Waals surface area contributed by atoms with Crippen molar-refractivity contribution < 1.29 is 4.74 Å². The van der Waals surface area contributed by atoms with Crippen molar-refractivity contribution in [1.82, 2.24) is 0 Å². The topological polar surface area (TPSA) is 9.23 Å². The fraction of sp³-hybridized carbons (Fsp3) is 0.111. The summed E-state index contributed by atoms with van der Waals surface area (Å²) in [5.41, 5.74) is 5.27. The van der Waals surface area contributed by atoms with E-state index in [1.165, 1.54) is 33.0 Å². The molecule has 0 saturated heterocycles. The van der Waals surface area contributed by atoms with Gasteiger partial charge >= 0.3 is 0 Å². The zero-order valence-electron chi connectivity index (χ0n) is 10.8. The maximum absolute atomic E-state index is 5.63. The second-order valence-electron chi connectivity index (χ2n) is 4.85. The van der Waals surface area contributed by atoms with Crippen LogP contribution in [0, 0.1) is 0 Å². The molecule has 3 aromatic rings. The second-order valence-corrected chi connectivity index (χ2v) is 4.85. The Morgan fingerprint density at radius 2 is 1.53 bits per heavy atom. The van der Waals surface area contributed by atoms with Crippen LogP contribution >= 0.6 is 0 Å². The van der Waals surface area contributed by atoms with Crippen molar-refractivity contribution in [3.05, 3.63) is 54.6 Å². The van der Waals surface area contributed by atoms with Gasteiger partial charge in [0.05, 0.1) is 6.61 Å². The lowest BCUT2D eigenvalue weighted by molar-refractivity contribution is 0.340. The van der Waals surface area contributed by atoms with Gasteiger partial charge in [-0.2, -0.15) is 0 Å². The number of benzene rings is 3. The average molecular weight is 246 g/mol. The second kappa shape index (κ2) is 3.86. The van der Waals surface area contributed by atoms with Crippen LogP contribution in [-0.2, 0) is 0 Å². The Morgan fingerprint density at radius 3 is 2.26 bits per heavy atom. The van der Waals surface area contributed by atoms with E-state index in [0.29, 0.717) is 6.61 Å². The Balaban J connectivity index is 2.06. The van der Waals surface area contributed by atoms with Crippen LogP contribution in [0.5, 0.6) is 5.75 Å². The van der Waals surface area contributed by atoms with Gasteiger partial charge in [0, 0.05) is 0 Å². The number of ether oxygens (including phenoxy) is 1. The summed E-state index contributed by atoms with van der Waals surface area (Å²) in [5.74, 6) is 0.950. The summed E-state index contributed by atoms with van der Waals surface area (Å²) < 4.78 is 5.63. The molecule has 4 rings (SSSR count). The monoisotopic (exact) mass is 246 g/mol. The largest absolute Gasteiger partial charge is 0.494 e. The maximum atomic E-state index is 5.63. The molecule has 1 nitrogen and oxygen atoms in total. The highest BCUT2D eigenvalue weighted by Gasteiger charge is 2.20. The zero-order valence-corrected chi connectivity index (χ0v) is 10.8. The van der Waals surface area contributed by atoms with Gasteiger partial charge in [-0.05, 0) is 52.1 Å². The smallest absolute Gasteiger partial charge is 0.119 e. The molecule has 0 amide bonds. The lowest BCUT2D eigenvalue weighted by Crippen LogP contribution is -1.91. The van der Waals surface area contributed by atoms with Gasteiger partial charge in [-0.15, -0.1) is 0 Å². The summed E-state index contributed by atoms with van der Waals surface area (Å²) in [4.78, 5) is 0. The van der Waals surface area contributed by atoms with Crippen LogP contribution in [-0.4, -0.2) is 6.61 Å². The van der Waals surface area contributed by atoms with Gasteiger partial charge in [0.1, 0.15) is 5.75 Å². The van der Waals surface area contributed by atoms with Crippen molar-refractivity contribution >= 4 is 10.8 Å². The first-order valence-corrected chi connectivity index (χ1v) is 6.68. The van der Waals surface area contributed by atoms with E-state index >= 15 is 0 Å². The van der Waals surface area contributed by atoms with Crippen molar-refractivity contribution in [3.8, 4) is 28.0 Å². The van der Waals surface area contributed by atoms with Gasteiger partial charge in [-0.3, -0.25) is 0 Å². The predicted octanol–water partition coefficient (Wildman–Crippen LogP) is 4.89. The molecule has 0 spiro atoms. The molecule has 1 aliphatic rings. The molecule has 0 aromatic heterocycles. The molecule has 1 aliphatic carbocycles. The lowest BCUT2D eigenvalue weighted by Gasteiger charge is -2.06. The quantitative estimate of drug-likeness (QED) is 0.489. The molecule has 0 N–H and O–H groups in total. The van der Waals surface area contributed by atoms with Gasteiger partial charge in [0.25, 0.3) is 0 Å². The summed E-state index contributed by atoms with van der Waals surface area (Å²) in [7, 11) is 0. The van der Waals surface area contributed by atoms with Crippen LogP contribution < -0.4 is 4.74 Å². The van der Waals surface area contributed by atoms with Crippen molar-refractivity contribution in [3.63, 3.8) is 0 Å². The van der Waals surface area contributed by atoms with Crippen molar-refractivity contribution in [2.45, 2.75) is 6.92 Å². The molecule has 0 bridgehead atoms. The van der Waals surface area contributed by atoms with E-state index in [0.717, 1.165) is 5.75 Å². The molecule has 0 saturated carbocycles. The van der Waals surface area contributed by atoms with E-state index in [2.05, 4.69) is 54.6 Å². The first kappa shape index (κ1) is 10.6. The van der Waals surface area contributed by atoms with Crippen LogP contribution in [0.3, 0.4) is 0 Å². The third-order valence-corrected chi connectivity index (χ3v) is 3.79. The Kier molecular flexibility index (Phi) is 2.16. The molecule has 0 radical (unpaired) electrons. The summed E-state index contributed by atoms with van der Waals surface area (Å²) in [5, 5.41) is 2.68. The minimum atomic E-state index is 0.704. The van der Waals surface area contributed by atoms with E-state index in [4.69, 9.17) is 4.74 Å². The Hall–Kier alpha value is -2.28. The summed E-state index contributed by atoms with van der Waals surface area (Å²) in [6, 6.07) is 19.4. The van der Waals surface area contributed by atoms with E-state index < -0.39 is 0 Å². The first-order chi connectivity index (χ1) is 9.38. The molecule has 0 heterocycles. The standard InChI is InChI=1S/C18H14O/c1-2-19-13-9-10-14-15-7-3-5-12-6-4-8-16(18(12)15)17(14)11-13/h3-11H,2H2,1H3. The minimum Gasteiger partial charge on any atom is -0.494 e. The Labute approximate surface area is 112 Å². The Bertz CT molecular complexity index is 782. The van der Waals surface area contributed by atoms with Gasteiger partial charge in [-0.1, -0.05) is 42.5 Å². The predicted molar refractivity (Wildman–Crippen MR) is 79.5 cm³/mol. The average Bonchev–Trinajstić information content (AvgIpc) is 2.77. The number of rotatable bonds is 2. The molecular formula is C18H14O. The molecule has 92 valence electrons. The molecule has 19 heavy (non-hydrogen) atoms. The fourth-order valence-electron chi connectivity index (χ4n) is 3.03. The van der Waals surface area contributed by atoms with Crippen LogP contribution in [0.15, 0.2) is 54.6 Å². The van der Waals surface area contributed by atoms with E-state index in [9.17, 15) is 0 Å². The number of fused-ring (bicyclic) bond motifs is 3. The van der Waals surface area contributed by atoms with Crippen LogP contribution in [0.2, 0.25) is 0 Å². The fourth-order valence-corrected chi connectivity index (χ4v) is 3.03. The number of hydrogen-bond acceptors (Lipinski definition) is 1. The van der Waals surface area contributed by atoms with Crippen LogP contribution in [0.4, 0.5) is 0 Å². The van der Waals surface area contributed by atoms with Crippen LogP contribution in [0.25, 0.3) is 33.0 Å². The lowest BCUT2D eigenvalue weighted by atomic mass is 10.0. The molecule has 0 unspecified atom stereocenters. The highest BCUT2D eigenvalue weighted by molar-refractivity contribution is 6.15. The first-order valence-electron chi connectivity index (χ1n) is 6.68. The highest BCUT2D eigenvalue weighted by Crippen LogP contribution is 2.47. The summed E-state index contributed by atoms with van der Waals surface area (Å²) in [6.07, 6.45) is 0. The molecule has 0 aliphatic heterocycles.